The third-order valence-electron chi connectivity index (χ3n) is 8.95. The first-order valence-electron chi connectivity index (χ1n) is 15.6. The van der Waals surface area contributed by atoms with Gasteiger partial charge in [0.25, 0.3) is 0 Å². The van der Waals surface area contributed by atoms with Crippen LogP contribution in [0.15, 0.2) is 176 Å². The number of imidazole rings is 1. The van der Waals surface area contributed by atoms with Crippen LogP contribution in [0, 0.1) is 0 Å². The Balaban J connectivity index is 1.05. The van der Waals surface area contributed by atoms with Crippen LogP contribution in [0.4, 0.5) is 0 Å². The van der Waals surface area contributed by atoms with Gasteiger partial charge in [0, 0.05) is 27.7 Å². The number of aromatic nitrogens is 3. The van der Waals surface area contributed by atoms with Gasteiger partial charge in [0.2, 0.25) is 0 Å². The van der Waals surface area contributed by atoms with Gasteiger partial charge in [-0.15, -0.1) is 0 Å². The number of rotatable bonds is 5. The topological polar surface area (TPSA) is 22.8 Å². The Morgan fingerprint density at radius 1 is 0.326 bits per heavy atom. The van der Waals surface area contributed by atoms with Gasteiger partial charge in [-0.1, -0.05) is 121 Å². The normalized spacial score (nSPS) is 11.5. The molecule has 0 radical (unpaired) electrons. The van der Waals surface area contributed by atoms with Crippen LogP contribution in [0.2, 0.25) is 0 Å². The second-order valence-corrected chi connectivity index (χ2v) is 11.7. The Kier molecular flexibility index (Phi) is 6.14. The molecule has 2 heterocycles. The highest BCUT2D eigenvalue weighted by Crippen LogP contribution is 2.34. The third-order valence-corrected chi connectivity index (χ3v) is 8.95. The molecule has 0 spiro atoms. The molecule has 0 aliphatic rings. The molecule has 0 N–H and O–H groups in total. The highest BCUT2D eigenvalue weighted by atomic mass is 15.1. The second-order valence-electron chi connectivity index (χ2n) is 11.7. The van der Waals surface area contributed by atoms with Gasteiger partial charge >= 0.3 is 0 Å². The van der Waals surface area contributed by atoms with Crippen LogP contribution in [0.3, 0.4) is 0 Å². The van der Waals surface area contributed by atoms with Crippen LogP contribution < -0.4 is 0 Å². The van der Waals surface area contributed by atoms with Crippen molar-refractivity contribution in [2.24, 2.45) is 0 Å². The van der Waals surface area contributed by atoms with Gasteiger partial charge in [0.15, 0.2) is 0 Å². The van der Waals surface area contributed by atoms with Gasteiger partial charge in [-0.25, -0.2) is 4.98 Å². The van der Waals surface area contributed by atoms with Crippen molar-refractivity contribution in [2.75, 3.05) is 0 Å². The van der Waals surface area contributed by atoms with Crippen LogP contribution in [-0.4, -0.2) is 14.1 Å². The fourth-order valence-electron chi connectivity index (χ4n) is 6.75. The molecule has 0 saturated heterocycles. The number of nitrogens with zero attached hydrogens (tertiary/aromatic N) is 3. The van der Waals surface area contributed by atoms with Crippen LogP contribution >= 0.6 is 0 Å². The molecule has 0 fully saturated rings. The largest absolute Gasteiger partial charge is 0.309 e. The van der Waals surface area contributed by atoms with Gasteiger partial charge in [-0.3, -0.25) is 4.57 Å². The molecule has 7 aromatic carbocycles. The van der Waals surface area contributed by atoms with Gasteiger partial charge in [0.1, 0.15) is 5.82 Å². The number of hydrogen-bond donors (Lipinski definition) is 0. The van der Waals surface area contributed by atoms with E-state index in [2.05, 4.69) is 173 Å². The lowest BCUT2D eigenvalue weighted by molar-refractivity contribution is 1.10. The summed E-state index contributed by atoms with van der Waals surface area (Å²) in [4.78, 5) is 5.07. The number of para-hydroxylation sites is 5. The van der Waals surface area contributed by atoms with Crippen LogP contribution in [0.25, 0.3) is 77.9 Å². The van der Waals surface area contributed by atoms with E-state index in [4.69, 9.17) is 4.98 Å². The summed E-state index contributed by atoms with van der Waals surface area (Å²) in [6.07, 6.45) is 0. The van der Waals surface area contributed by atoms with Crippen LogP contribution in [0.5, 0.6) is 0 Å². The first kappa shape index (κ1) is 26.2. The van der Waals surface area contributed by atoms with E-state index in [9.17, 15) is 0 Å². The zero-order chi connectivity index (χ0) is 30.5. The van der Waals surface area contributed by atoms with E-state index in [1.54, 1.807) is 0 Å². The Labute approximate surface area is 267 Å². The summed E-state index contributed by atoms with van der Waals surface area (Å²) in [5.41, 5.74) is 12.6. The molecule has 0 bridgehead atoms. The van der Waals surface area contributed by atoms with E-state index in [-0.39, 0.29) is 0 Å². The predicted molar refractivity (Wildman–Crippen MR) is 192 cm³/mol. The SMILES string of the molecule is c1ccc(-n2c(-c3cccc(-c4ccc(-c5ccc(-n6c7ccccc7c7ccccc76)cc5)cc4)c3)nc3ccccc32)cc1. The average molecular weight is 588 g/mol. The summed E-state index contributed by atoms with van der Waals surface area (Å²) in [6.45, 7) is 0. The maximum atomic E-state index is 5.07. The number of hydrogen-bond acceptors (Lipinski definition) is 1. The van der Waals surface area contributed by atoms with E-state index >= 15 is 0 Å². The van der Waals surface area contributed by atoms with Crippen molar-refractivity contribution < 1.29 is 0 Å². The maximum absolute atomic E-state index is 5.07. The summed E-state index contributed by atoms with van der Waals surface area (Å²) >= 11 is 0. The predicted octanol–water partition coefficient (Wildman–Crippen LogP) is 11.1. The zero-order valence-corrected chi connectivity index (χ0v) is 25.1. The standard InChI is InChI=1S/C43H29N3/c1-2-13-35(14-3-1)46-42-20-9-6-17-39(42)44-43(46)34-12-10-11-33(29-34)32-23-21-30(22-24-32)31-25-27-36(28-26-31)45-40-18-7-4-15-37(40)38-16-5-8-19-41(38)45/h1-29H. The first-order valence-corrected chi connectivity index (χ1v) is 15.6. The van der Waals surface area contributed by atoms with Gasteiger partial charge in [0.05, 0.1) is 22.1 Å². The first-order chi connectivity index (χ1) is 22.8. The average Bonchev–Trinajstić information content (AvgIpc) is 3.69. The van der Waals surface area contributed by atoms with Crippen molar-refractivity contribution in [1.82, 2.24) is 14.1 Å². The van der Waals surface area contributed by atoms with Crippen molar-refractivity contribution in [1.29, 1.82) is 0 Å². The van der Waals surface area contributed by atoms with Crippen molar-refractivity contribution in [3.63, 3.8) is 0 Å². The van der Waals surface area contributed by atoms with E-state index in [1.807, 2.05) is 12.1 Å². The molecule has 0 unspecified atom stereocenters. The smallest absolute Gasteiger partial charge is 0.145 e. The fraction of sp³-hybridized carbons (Fsp3) is 0. The molecule has 9 rings (SSSR count). The molecule has 0 aliphatic heterocycles. The van der Waals surface area contributed by atoms with Gasteiger partial charge in [-0.2, -0.15) is 0 Å². The van der Waals surface area contributed by atoms with E-state index in [0.717, 1.165) is 39.4 Å². The number of fused-ring (bicyclic) bond motifs is 4. The highest BCUT2D eigenvalue weighted by Gasteiger charge is 2.15. The summed E-state index contributed by atoms with van der Waals surface area (Å²) in [7, 11) is 0. The molecule has 3 heteroatoms. The minimum absolute atomic E-state index is 0.939. The molecular formula is C43H29N3. The van der Waals surface area contributed by atoms with E-state index in [0.29, 0.717) is 0 Å². The quantitative estimate of drug-likeness (QED) is 0.196. The molecule has 46 heavy (non-hydrogen) atoms. The Hall–Kier alpha value is -6.19. The lowest BCUT2D eigenvalue weighted by Crippen LogP contribution is -1.97. The molecule has 0 atom stereocenters. The summed E-state index contributed by atoms with van der Waals surface area (Å²) in [6, 6.07) is 62.5. The Morgan fingerprint density at radius 3 is 1.50 bits per heavy atom. The van der Waals surface area contributed by atoms with Crippen LogP contribution in [0.1, 0.15) is 0 Å². The molecule has 0 amide bonds. The molecule has 216 valence electrons. The zero-order valence-electron chi connectivity index (χ0n) is 25.1. The van der Waals surface area contributed by atoms with Gasteiger partial charge < -0.3 is 4.57 Å². The van der Waals surface area contributed by atoms with E-state index in [1.165, 1.54) is 38.5 Å². The molecule has 0 aliphatic carbocycles. The molecule has 2 aromatic heterocycles. The minimum Gasteiger partial charge on any atom is -0.309 e. The second kappa shape index (κ2) is 10.8. The summed E-state index contributed by atoms with van der Waals surface area (Å²) < 4.78 is 4.61. The minimum atomic E-state index is 0.939. The van der Waals surface area contributed by atoms with Crippen molar-refractivity contribution in [2.45, 2.75) is 0 Å². The highest BCUT2D eigenvalue weighted by molar-refractivity contribution is 6.09. The Morgan fingerprint density at radius 2 is 0.826 bits per heavy atom. The summed E-state index contributed by atoms with van der Waals surface area (Å²) in [5.74, 6) is 0.939. The lowest BCUT2D eigenvalue weighted by Gasteiger charge is -2.11. The number of benzene rings is 7. The fourth-order valence-corrected chi connectivity index (χ4v) is 6.75. The summed E-state index contributed by atoms with van der Waals surface area (Å²) in [5, 5.41) is 2.55. The van der Waals surface area contributed by atoms with Crippen LogP contribution in [-0.2, 0) is 0 Å². The van der Waals surface area contributed by atoms with Gasteiger partial charge in [-0.05, 0) is 76.9 Å². The molecule has 9 aromatic rings. The third kappa shape index (κ3) is 4.33. The molecule has 3 nitrogen and oxygen atoms in total. The molecule has 0 saturated carbocycles. The monoisotopic (exact) mass is 587 g/mol. The van der Waals surface area contributed by atoms with Crippen molar-refractivity contribution >= 4 is 32.8 Å². The van der Waals surface area contributed by atoms with E-state index < -0.39 is 0 Å². The lowest BCUT2D eigenvalue weighted by atomic mass is 9.99. The van der Waals surface area contributed by atoms with Crippen molar-refractivity contribution in [3.8, 4) is 45.0 Å². The molecular weight excluding hydrogens is 558 g/mol. The van der Waals surface area contributed by atoms with Crippen molar-refractivity contribution in [3.05, 3.63) is 176 Å². The Bertz CT molecular complexity index is 2450. The maximum Gasteiger partial charge on any atom is 0.145 e.